The molecule has 1 fully saturated rings. The van der Waals surface area contributed by atoms with Gasteiger partial charge in [-0.05, 0) is 36.6 Å². The Balaban J connectivity index is 1.63. The molecule has 1 aliphatic carbocycles. The number of nitrogens with one attached hydrogen (secondary N) is 2. The molecule has 5 nitrogen and oxygen atoms in total. The number of carbonyl (C=O) groups excluding carboxylic acids is 1. The number of H-pyrrole nitrogens is 1. The van der Waals surface area contributed by atoms with Crippen LogP contribution in [0, 0.1) is 0 Å². The fourth-order valence-electron chi connectivity index (χ4n) is 2.98. The quantitative estimate of drug-likeness (QED) is 0.649. The first-order valence-corrected chi connectivity index (χ1v) is 9.11. The highest BCUT2D eigenvalue weighted by Crippen LogP contribution is 2.40. The summed E-state index contributed by atoms with van der Waals surface area (Å²) in [5.41, 5.74) is 2.85. The van der Waals surface area contributed by atoms with Gasteiger partial charge in [0.15, 0.2) is 0 Å². The van der Waals surface area contributed by atoms with Crippen LogP contribution in [0.15, 0.2) is 30.3 Å². The van der Waals surface area contributed by atoms with Gasteiger partial charge in [-0.15, -0.1) is 0 Å². The summed E-state index contributed by atoms with van der Waals surface area (Å²) in [6.45, 7) is 0. The number of para-hydroxylation sites is 1. The van der Waals surface area contributed by atoms with Crippen LogP contribution in [0.4, 0.5) is 5.69 Å². The number of fused-ring (bicyclic) bond motifs is 1. The second kappa shape index (κ2) is 6.82. The number of hydrogen-bond donors (Lipinski definition) is 2. The Morgan fingerprint density at radius 2 is 2.00 bits per heavy atom. The fraction of sp³-hybridized carbons (Fsp3) is 0.263. The van der Waals surface area contributed by atoms with Crippen molar-refractivity contribution in [1.29, 1.82) is 0 Å². The van der Waals surface area contributed by atoms with E-state index in [0.29, 0.717) is 21.7 Å². The van der Waals surface area contributed by atoms with E-state index in [2.05, 4.69) is 10.3 Å². The number of ether oxygens (including phenoxy) is 1. The van der Waals surface area contributed by atoms with Crippen molar-refractivity contribution >= 4 is 45.8 Å². The molecule has 1 aromatic heterocycles. The number of benzene rings is 2. The van der Waals surface area contributed by atoms with E-state index in [1.807, 2.05) is 12.1 Å². The third-order valence-electron chi connectivity index (χ3n) is 4.47. The van der Waals surface area contributed by atoms with Crippen molar-refractivity contribution in [3.63, 3.8) is 0 Å². The molecule has 7 heteroatoms. The fourth-order valence-corrected chi connectivity index (χ4v) is 3.47. The summed E-state index contributed by atoms with van der Waals surface area (Å²) in [5, 5.41) is 3.60. The van der Waals surface area contributed by atoms with Crippen LogP contribution >= 0.6 is 23.2 Å². The third kappa shape index (κ3) is 3.24. The average Bonchev–Trinajstić information content (AvgIpc) is 3.37. The normalized spacial score (nSPS) is 13.8. The largest absolute Gasteiger partial charge is 0.494 e. The van der Waals surface area contributed by atoms with E-state index < -0.39 is 0 Å². The molecular formula is C19H17Cl2N3O2. The van der Waals surface area contributed by atoms with Crippen molar-refractivity contribution in [3.8, 4) is 5.75 Å². The number of halogens is 2. The highest BCUT2D eigenvalue weighted by atomic mass is 35.5. The van der Waals surface area contributed by atoms with Crippen molar-refractivity contribution in [3.05, 3.63) is 51.8 Å². The molecule has 0 bridgehead atoms. The van der Waals surface area contributed by atoms with E-state index >= 15 is 0 Å². The van der Waals surface area contributed by atoms with Crippen molar-refractivity contribution in [2.75, 3.05) is 12.4 Å². The Hall–Kier alpha value is -2.24. The number of carbonyl (C=O) groups is 1. The monoisotopic (exact) mass is 389 g/mol. The van der Waals surface area contributed by atoms with Crippen molar-refractivity contribution in [2.45, 2.75) is 25.2 Å². The Labute approximate surface area is 160 Å². The van der Waals surface area contributed by atoms with Crippen LogP contribution in [0.25, 0.3) is 11.0 Å². The zero-order valence-electron chi connectivity index (χ0n) is 14.1. The van der Waals surface area contributed by atoms with Crippen LogP contribution in [-0.4, -0.2) is 23.0 Å². The molecule has 2 N–H and O–H groups in total. The summed E-state index contributed by atoms with van der Waals surface area (Å²) in [6, 6.07) is 8.82. The number of rotatable bonds is 5. The van der Waals surface area contributed by atoms with Crippen molar-refractivity contribution < 1.29 is 9.53 Å². The van der Waals surface area contributed by atoms with Gasteiger partial charge in [-0.2, -0.15) is 0 Å². The van der Waals surface area contributed by atoms with Gasteiger partial charge in [-0.25, -0.2) is 4.98 Å². The Kier molecular flexibility index (Phi) is 4.51. The summed E-state index contributed by atoms with van der Waals surface area (Å²) in [6.07, 6.45) is 2.45. The van der Waals surface area contributed by atoms with Gasteiger partial charge in [0.25, 0.3) is 0 Å². The highest BCUT2D eigenvalue weighted by Gasteiger charge is 2.28. The lowest BCUT2D eigenvalue weighted by atomic mass is 10.1. The van der Waals surface area contributed by atoms with Gasteiger partial charge in [0.1, 0.15) is 17.1 Å². The van der Waals surface area contributed by atoms with Gasteiger partial charge < -0.3 is 15.0 Å². The number of amides is 1. The Morgan fingerprint density at radius 1 is 1.27 bits per heavy atom. The summed E-state index contributed by atoms with van der Waals surface area (Å²) in [7, 11) is 1.62. The van der Waals surface area contributed by atoms with E-state index in [1.165, 1.54) is 0 Å². The molecular weight excluding hydrogens is 373 g/mol. The second-order valence-corrected chi connectivity index (χ2v) is 7.18. The minimum atomic E-state index is -0.206. The molecule has 1 aliphatic rings. The van der Waals surface area contributed by atoms with E-state index in [-0.39, 0.29) is 12.3 Å². The molecule has 2 aromatic carbocycles. The molecule has 0 atom stereocenters. The van der Waals surface area contributed by atoms with E-state index in [1.54, 1.807) is 25.3 Å². The molecule has 0 saturated heterocycles. The lowest BCUT2D eigenvalue weighted by molar-refractivity contribution is -0.115. The molecule has 1 heterocycles. The molecule has 1 saturated carbocycles. The minimum absolute atomic E-state index is 0.164. The number of methoxy groups -OCH3 is 1. The maximum atomic E-state index is 12.5. The average molecular weight is 390 g/mol. The first-order valence-electron chi connectivity index (χ1n) is 8.36. The zero-order chi connectivity index (χ0) is 18.3. The van der Waals surface area contributed by atoms with Gasteiger partial charge >= 0.3 is 0 Å². The summed E-state index contributed by atoms with van der Waals surface area (Å²) in [5.74, 6) is 1.95. The standard InChI is InChI=1S/C19H17Cl2N3O2/c1-26-14-8-7-11(16-18(14)24-19(23-16)10-5-6-10)9-15(25)22-17-12(20)3-2-4-13(17)21/h2-4,7-8,10H,5-6,9H2,1H3,(H,22,25)(H,23,24). The molecule has 0 spiro atoms. The van der Waals surface area contributed by atoms with E-state index in [4.69, 9.17) is 32.9 Å². The number of aromatic amines is 1. The Bertz CT molecular complexity index is 976. The second-order valence-electron chi connectivity index (χ2n) is 6.37. The maximum absolute atomic E-state index is 12.5. The molecule has 0 unspecified atom stereocenters. The molecule has 3 aromatic rings. The Morgan fingerprint density at radius 3 is 2.65 bits per heavy atom. The summed E-state index contributed by atoms with van der Waals surface area (Å²) in [4.78, 5) is 20.6. The first-order chi connectivity index (χ1) is 12.6. The molecule has 0 aliphatic heterocycles. The number of aromatic nitrogens is 2. The van der Waals surface area contributed by atoms with Crippen LogP contribution < -0.4 is 10.1 Å². The summed E-state index contributed by atoms with van der Waals surface area (Å²) >= 11 is 12.2. The molecule has 26 heavy (non-hydrogen) atoms. The number of nitrogens with zero attached hydrogens (tertiary/aromatic N) is 1. The zero-order valence-corrected chi connectivity index (χ0v) is 15.6. The third-order valence-corrected chi connectivity index (χ3v) is 5.10. The van der Waals surface area contributed by atoms with Crippen LogP contribution in [0.2, 0.25) is 10.0 Å². The van der Waals surface area contributed by atoms with Crippen LogP contribution in [0.1, 0.15) is 30.1 Å². The van der Waals surface area contributed by atoms with Gasteiger partial charge in [0.2, 0.25) is 5.91 Å². The van der Waals surface area contributed by atoms with Gasteiger partial charge in [-0.1, -0.05) is 35.3 Å². The highest BCUT2D eigenvalue weighted by molar-refractivity contribution is 6.39. The van der Waals surface area contributed by atoms with Crippen molar-refractivity contribution in [2.24, 2.45) is 0 Å². The predicted octanol–water partition coefficient (Wildman–Crippen LogP) is 4.94. The molecule has 4 rings (SSSR count). The molecule has 134 valence electrons. The lowest BCUT2D eigenvalue weighted by Gasteiger charge is -2.10. The molecule has 0 radical (unpaired) electrons. The first kappa shape index (κ1) is 17.2. The lowest BCUT2D eigenvalue weighted by Crippen LogP contribution is -2.15. The van der Waals surface area contributed by atoms with E-state index in [0.717, 1.165) is 41.0 Å². The van der Waals surface area contributed by atoms with Gasteiger partial charge in [0.05, 0.1) is 34.8 Å². The SMILES string of the molecule is COc1ccc(CC(=O)Nc2c(Cl)cccc2Cl)c2nc(C3CC3)[nH]c12. The van der Waals surface area contributed by atoms with Crippen LogP contribution in [0.5, 0.6) is 5.75 Å². The number of hydrogen-bond acceptors (Lipinski definition) is 3. The minimum Gasteiger partial charge on any atom is -0.494 e. The molecule has 1 amide bonds. The van der Waals surface area contributed by atoms with Gasteiger partial charge in [0, 0.05) is 5.92 Å². The van der Waals surface area contributed by atoms with Crippen LogP contribution in [-0.2, 0) is 11.2 Å². The number of imidazole rings is 1. The van der Waals surface area contributed by atoms with Crippen molar-refractivity contribution in [1.82, 2.24) is 9.97 Å². The topological polar surface area (TPSA) is 67.0 Å². The smallest absolute Gasteiger partial charge is 0.228 e. The predicted molar refractivity (Wildman–Crippen MR) is 103 cm³/mol. The summed E-state index contributed by atoms with van der Waals surface area (Å²) < 4.78 is 5.42. The van der Waals surface area contributed by atoms with Crippen LogP contribution in [0.3, 0.4) is 0 Å². The van der Waals surface area contributed by atoms with Gasteiger partial charge in [-0.3, -0.25) is 4.79 Å². The van der Waals surface area contributed by atoms with E-state index in [9.17, 15) is 4.79 Å². The number of anilines is 1. The maximum Gasteiger partial charge on any atom is 0.228 e.